The number of aliphatic hydroxyl groups excluding tert-OH is 1. The van der Waals surface area contributed by atoms with Gasteiger partial charge >= 0.3 is 0 Å². The molecule has 100 valence electrons. The number of carbonyl (C=O) groups excluding carboxylic acids is 1. The summed E-state index contributed by atoms with van der Waals surface area (Å²) >= 11 is 0. The molecule has 1 unspecified atom stereocenters. The van der Waals surface area contributed by atoms with Crippen LogP contribution in [0.15, 0.2) is 18.5 Å². The standard InChI is InChI=1S/C13H20N2O3/c1-10(16)9-15(2)13(17)5-4-11-6-12(18-3)8-14-7-11/h6-8,10,16H,4-5,9H2,1-3H3. The van der Waals surface area contributed by atoms with Gasteiger partial charge < -0.3 is 14.7 Å². The van der Waals surface area contributed by atoms with Crippen molar-refractivity contribution in [3.05, 3.63) is 24.0 Å². The Bertz CT molecular complexity index is 394. The lowest BCUT2D eigenvalue weighted by molar-refractivity contribution is -0.131. The Balaban J connectivity index is 2.46. The highest BCUT2D eigenvalue weighted by molar-refractivity contribution is 5.76. The Morgan fingerprint density at radius 1 is 1.56 bits per heavy atom. The van der Waals surface area contributed by atoms with Gasteiger partial charge in [-0.3, -0.25) is 9.78 Å². The molecule has 1 atom stereocenters. The van der Waals surface area contributed by atoms with Crippen molar-refractivity contribution in [1.29, 1.82) is 0 Å². The van der Waals surface area contributed by atoms with Gasteiger partial charge in [-0.2, -0.15) is 0 Å². The van der Waals surface area contributed by atoms with Gasteiger partial charge in [-0.1, -0.05) is 0 Å². The zero-order valence-electron chi connectivity index (χ0n) is 11.1. The Morgan fingerprint density at radius 3 is 2.89 bits per heavy atom. The van der Waals surface area contributed by atoms with Gasteiger partial charge in [0.05, 0.1) is 19.4 Å². The van der Waals surface area contributed by atoms with E-state index >= 15 is 0 Å². The molecule has 1 rings (SSSR count). The first-order valence-electron chi connectivity index (χ1n) is 5.93. The summed E-state index contributed by atoms with van der Waals surface area (Å²) in [5.74, 6) is 0.705. The average molecular weight is 252 g/mol. The number of hydrogen-bond acceptors (Lipinski definition) is 4. The van der Waals surface area contributed by atoms with Crippen LogP contribution < -0.4 is 4.74 Å². The smallest absolute Gasteiger partial charge is 0.222 e. The topological polar surface area (TPSA) is 62.7 Å². The Hall–Kier alpha value is -1.62. The van der Waals surface area contributed by atoms with Crippen LogP contribution in [0.3, 0.4) is 0 Å². The van der Waals surface area contributed by atoms with Crippen molar-refractivity contribution in [1.82, 2.24) is 9.88 Å². The molecular weight excluding hydrogens is 232 g/mol. The summed E-state index contributed by atoms with van der Waals surface area (Å²) < 4.78 is 5.07. The highest BCUT2D eigenvalue weighted by Crippen LogP contribution is 2.12. The second kappa shape index (κ2) is 6.96. The van der Waals surface area contributed by atoms with E-state index in [-0.39, 0.29) is 5.91 Å². The fourth-order valence-corrected chi connectivity index (χ4v) is 1.65. The third-order valence-electron chi connectivity index (χ3n) is 2.60. The van der Waals surface area contributed by atoms with Crippen LogP contribution in [-0.2, 0) is 11.2 Å². The lowest BCUT2D eigenvalue weighted by Gasteiger charge is -2.18. The van der Waals surface area contributed by atoms with Gasteiger partial charge in [0.2, 0.25) is 5.91 Å². The number of pyridine rings is 1. The van der Waals surface area contributed by atoms with Crippen molar-refractivity contribution < 1.29 is 14.6 Å². The first-order valence-corrected chi connectivity index (χ1v) is 5.93. The quantitative estimate of drug-likeness (QED) is 0.815. The molecule has 5 heteroatoms. The van der Waals surface area contributed by atoms with Gasteiger partial charge in [-0.15, -0.1) is 0 Å². The number of nitrogens with zero attached hydrogens (tertiary/aromatic N) is 2. The summed E-state index contributed by atoms with van der Waals surface area (Å²) in [6.07, 6.45) is 3.87. The summed E-state index contributed by atoms with van der Waals surface area (Å²) in [5, 5.41) is 9.20. The Morgan fingerprint density at radius 2 is 2.28 bits per heavy atom. The predicted octanol–water partition coefficient (Wildman–Crippen LogP) is 0.862. The van der Waals surface area contributed by atoms with Crippen LogP contribution in [0.5, 0.6) is 5.75 Å². The summed E-state index contributed by atoms with van der Waals surface area (Å²) in [6, 6.07) is 1.87. The highest BCUT2D eigenvalue weighted by atomic mass is 16.5. The number of carbonyl (C=O) groups is 1. The molecule has 18 heavy (non-hydrogen) atoms. The van der Waals surface area contributed by atoms with Crippen LogP contribution in [0.4, 0.5) is 0 Å². The number of hydrogen-bond donors (Lipinski definition) is 1. The predicted molar refractivity (Wildman–Crippen MR) is 68.4 cm³/mol. The maximum atomic E-state index is 11.8. The Labute approximate surface area is 107 Å². The maximum absolute atomic E-state index is 11.8. The van der Waals surface area contributed by atoms with Crippen molar-refractivity contribution in [3.8, 4) is 5.75 Å². The molecule has 0 fully saturated rings. The largest absolute Gasteiger partial charge is 0.495 e. The molecule has 1 aromatic heterocycles. The first kappa shape index (κ1) is 14.4. The van der Waals surface area contributed by atoms with Gasteiger partial charge in [0.25, 0.3) is 0 Å². The fraction of sp³-hybridized carbons (Fsp3) is 0.538. The number of aryl methyl sites for hydroxylation is 1. The third kappa shape index (κ3) is 4.71. The molecule has 0 radical (unpaired) electrons. The van der Waals surface area contributed by atoms with E-state index in [4.69, 9.17) is 4.74 Å². The third-order valence-corrected chi connectivity index (χ3v) is 2.60. The second-order valence-corrected chi connectivity index (χ2v) is 4.36. The molecule has 1 amide bonds. The van der Waals surface area contributed by atoms with E-state index in [1.54, 1.807) is 33.5 Å². The van der Waals surface area contributed by atoms with E-state index in [2.05, 4.69) is 4.98 Å². The van der Waals surface area contributed by atoms with E-state index in [1.807, 2.05) is 6.07 Å². The number of aliphatic hydroxyl groups is 1. The van der Waals surface area contributed by atoms with E-state index in [0.717, 1.165) is 5.56 Å². The molecule has 1 heterocycles. The van der Waals surface area contributed by atoms with Gasteiger partial charge in [-0.05, 0) is 25.0 Å². The van der Waals surface area contributed by atoms with Crippen LogP contribution in [0.25, 0.3) is 0 Å². The van der Waals surface area contributed by atoms with Crippen LogP contribution in [0, 0.1) is 0 Å². The van der Waals surface area contributed by atoms with Crippen LogP contribution in [0.1, 0.15) is 18.9 Å². The van der Waals surface area contributed by atoms with Gasteiger partial charge in [0.15, 0.2) is 0 Å². The van der Waals surface area contributed by atoms with Crippen molar-refractivity contribution >= 4 is 5.91 Å². The van der Waals surface area contributed by atoms with E-state index in [0.29, 0.717) is 25.1 Å². The molecule has 1 N–H and O–H groups in total. The van der Waals surface area contributed by atoms with Crippen LogP contribution in [-0.4, -0.2) is 47.7 Å². The number of rotatable bonds is 6. The monoisotopic (exact) mass is 252 g/mol. The van der Waals surface area contributed by atoms with Gasteiger partial charge in [0.1, 0.15) is 5.75 Å². The highest BCUT2D eigenvalue weighted by Gasteiger charge is 2.11. The molecule has 1 aromatic rings. The molecule has 0 saturated carbocycles. The van der Waals surface area contributed by atoms with E-state index in [9.17, 15) is 9.90 Å². The summed E-state index contributed by atoms with van der Waals surface area (Å²) in [6.45, 7) is 2.02. The Kier molecular flexibility index (Phi) is 5.58. The SMILES string of the molecule is COc1cncc(CCC(=O)N(C)CC(C)O)c1. The van der Waals surface area contributed by atoms with Crippen molar-refractivity contribution in [2.45, 2.75) is 25.9 Å². The zero-order valence-corrected chi connectivity index (χ0v) is 11.1. The molecule has 0 aliphatic carbocycles. The molecule has 5 nitrogen and oxygen atoms in total. The van der Waals surface area contributed by atoms with Crippen molar-refractivity contribution in [2.75, 3.05) is 20.7 Å². The van der Waals surface area contributed by atoms with Crippen LogP contribution in [0.2, 0.25) is 0 Å². The first-order chi connectivity index (χ1) is 8.52. The van der Waals surface area contributed by atoms with Gasteiger partial charge in [0, 0.05) is 26.2 Å². The fourth-order valence-electron chi connectivity index (χ4n) is 1.65. The molecule has 0 spiro atoms. The minimum atomic E-state index is -0.502. The molecule has 0 aliphatic rings. The lowest BCUT2D eigenvalue weighted by Crippen LogP contribution is -2.33. The summed E-state index contributed by atoms with van der Waals surface area (Å²) in [4.78, 5) is 17.3. The molecule has 0 bridgehead atoms. The average Bonchev–Trinajstić information content (AvgIpc) is 2.35. The number of ether oxygens (including phenoxy) is 1. The molecule has 0 saturated heterocycles. The number of likely N-dealkylation sites (N-methyl/N-ethyl adjacent to an activating group) is 1. The minimum Gasteiger partial charge on any atom is -0.495 e. The lowest BCUT2D eigenvalue weighted by atomic mass is 10.1. The van der Waals surface area contributed by atoms with Crippen molar-refractivity contribution in [3.63, 3.8) is 0 Å². The minimum absolute atomic E-state index is 0.0127. The molecule has 0 aromatic carbocycles. The maximum Gasteiger partial charge on any atom is 0.222 e. The number of methoxy groups -OCH3 is 1. The van der Waals surface area contributed by atoms with E-state index in [1.165, 1.54) is 4.90 Å². The van der Waals surface area contributed by atoms with Crippen LogP contribution >= 0.6 is 0 Å². The molecule has 0 aliphatic heterocycles. The van der Waals surface area contributed by atoms with Gasteiger partial charge in [-0.25, -0.2) is 0 Å². The summed E-state index contributed by atoms with van der Waals surface area (Å²) in [7, 11) is 3.28. The zero-order chi connectivity index (χ0) is 13.5. The normalized spacial score (nSPS) is 12.0. The molecular formula is C13H20N2O3. The number of amides is 1. The second-order valence-electron chi connectivity index (χ2n) is 4.36. The van der Waals surface area contributed by atoms with E-state index < -0.39 is 6.10 Å². The van der Waals surface area contributed by atoms with Crippen molar-refractivity contribution in [2.24, 2.45) is 0 Å². The summed E-state index contributed by atoms with van der Waals surface area (Å²) in [5.41, 5.74) is 0.966. The number of aromatic nitrogens is 1.